The highest BCUT2D eigenvalue weighted by atomic mass is 19.1. The van der Waals surface area contributed by atoms with Crippen molar-refractivity contribution in [3.05, 3.63) is 52.9 Å². The summed E-state index contributed by atoms with van der Waals surface area (Å²) in [5.41, 5.74) is 1.35. The Morgan fingerprint density at radius 1 is 1.25 bits per heavy atom. The van der Waals surface area contributed by atoms with Crippen LogP contribution in [0, 0.1) is 11.6 Å². The van der Waals surface area contributed by atoms with Gasteiger partial charge in [-0.25, -0.2) is 8.78 Å². The summed E-state index contributed by atoms with van der Waals surface area (Å²) < 4.78 is 28.9. The lowest BCUT2D eigenvalue weighted by molar-refractivity contribution is 0.164. The minimum Gasteiger partial charge on any atom is -0.386 e. The van der Waals surface area contributed by atoms with E-state index in [1.165, 1.54) is 18.2 Å². The third kappa shape index (κ3) is 2.88. The molecule has 0 aliphatic rings. The molecule has 1 atom stereocenters. The summed E-state index contributed by atoms with van der Waals surface area (Å²) in [7, 11) is 0. The lowest BCUT2D eigenvalue weighted by Crippen LogP contribution is -2.11. The fourth-order valence-corrected chi connectivity index (χ4v) is 2.21. The van der Waals surface area contributed by atoms with Gasteiger partial charge in [-0.3, -0.25) is 4.68 Å². The third-order valence-electron chi connectivity index (χ3n) is 3.32. The minimum atomic E-state index is -0.978. The Hall–Kier alpha value is -1.75. The number of nitrogens with zero attached hydrogens (tertiary/aromatic N) is 2. The molecule has 2 aromatic rings. The van der Waals surface area contributed by atoms with Crippen LogP contribution in [0.15, 0.2) is 24.3 Å². The number of rotatable bonds is 5. The molecule has 1 aromatic carbocycles. The predicted molar refractivity (Wildman–Crippen MR) is 72.3 cm³/mol. The first kappa shape index (κ1) is 14.7. The van der Waals surface area contributed by atoms with Crippen LogP contribution in [0.25, 0.3) is 0 Å². The number of halogens is 2. The fourth-order valence-electron chi connectivity index (χ4n) is 2.21. The molecular formula is C15H18F2N2O. The average Bonchev–Trinajstić information content (AvgIpc) is 2.86. The van der Waals surface area contributed by atoms with Gasteiger partial charge < -0.3 is 5.11 Å². The van der Waals surface area contributed by atoms with Crippen LogP contribution in [0.5, 0.6) is 0 Å². The van der Waals surface area contributed by atoms with E-state index in [-0.39, 0.29) is 12.0 Å². The second-order valence-electron chi connectivity index (χ2n) is 4.65. The molecule has 20 heavy (non-hydrogen) atoms. The lowest BCUT2D eigenvalue weighted by Gasteiger charge is -2.13. The molecule has 2 rings (SSSR count). The molecule has 108 valence electrons. The number of hydrogen-bond donors (Lipinski definition) is 1. The summed E-state index contributed by atoms with van der Waals surface area (Å²) >= 11 is 0. The van der Waals surface area contributed by atoms with Crippen LogP contribution < -0.4 is 0 Å². The highest BCUT2D eigenvalue weighted by Crippen LogP contribution is 2.23. The molecule has 1 unspecified atom stereocenters. The summed E-state index contributed by atoms with van der Waals surface area (Å²) in [6.07, 6.45) is -0.331. The number of aromatic nitrogens is 2. The van der Waals surface area contributed by atoms with E-state index in [1.54, 1.807) is 10.7 Å². The molecule has 0 bridgehead atoms. The third-order valence-corrected chi connectivity index (χ3v) is 3.32. The summed E-state index contributed by atoms with van der Waals surface area (Å²) in [6.45, 7) is 4.48. The Kier molecular flexibility index (Phi) is 4.49. The average molecular weight is 280 g/mol. The lowest BCUT2D eigenvalue weighted by atomic mass is 10.0. The molecule has 0 spiro atoms. The highest BCUT2D eigenvalue weighted by molar-refractivity contribution is 5.23. The SMILES string of the molecule is CCc1cc(C(O)Cc2c(F)cccc2F)n(CC)n1. The van der Waals surface area contributed by atoms with Gasteiger partial charge in [-0.15, -0.1) is 0 Å². The maximum absolute atomic E-state index is 13.6. The van der Waals surface area contributed by atoms with Gasteiger partial charge in [0.05, 0.1) is 17.5 Å². The van der Waals surface area contributed by atoms with Crippen LogP contribution in [0.1, 0.15) is 36.9 Å². The number of aryl methyl sites for hydroxylation is 2. The second kappa shape index (κ2) is 6.13. The molecule has 0 amide bonds. The van der Waals surface area contributed by atoms with Crippen LogP contribution in [0.2, 0.25) is 0 Å². The summed E-state index contributed by atoms with van der Waals surface area (Å²) in [5.74, 6) is -1.27. The fraction of sp³-hybridized carbons (Fsp3) is 0.400. The maximum Gasteiger partial charge on any atom is 0.129 e. The van der Waals surface area contributed by atoms with Crippen molar-refractivity contribution in [1.82, 2.24) is 9.78 Å². The van der Waals surface area contributed by atoms with Crippen LogP contribution in [0.4, 0.5) is 8.78 Å². The molecule has 1 heterocycles. The predicted octanol–water partition coefficient (Wildman–Crippen LogP) is 3.02. The molecule has 0 aliphatic carbocycles. The van der Waals surface area contributed by atoms with E-state index >= 15 is 0 Å². The van der Waals surface area contributed by atoms with Gasteiger partial charge in [0.2, 0.25) is 0 Å². The molecule has 0 saturated carbocycles. The van der Waals surface area contributed by atoms with E-state index in [0.717, 1.165) is 12.1 Å². The molecule has 3 nitrogen and oxygen atoms in total. The van der Waals surface area contributed by atoms with Crippen LogP contribution in [-0.2, 0) is 19.4 Å². The van der Waals surface area contributed by atoms with Crippen molar-refractivity contribution in [3.63, 3.8) is 0 Å². The van der Waals surface area contributed by atoms with Gasteiger partial charge in [0.25, 0.3) is 0 Å². The van der Waals surface area contributed by atoms with Crippen molar-refractivity contribution in [2.45, 2.75) is 39.3 Å². The summed E-state index contributed by atoms with van der Waals surface area (Å²) in [4.78, 5) is 0. The van der Waals surface area contributed by atoms with Crippen molar-refractivity contribution in [2.75, 3.05) is 0 Å². The molecule has 0 saturated heterocycles. The molecule has 1 aromatic heterocycles. The normalized spacial score (nSPS) is 12.7. The quantitative estimate of drug-likeness (QED) is 0.914. The second-order valence-corrected chi connectivity index (χ2v) is 4.65. The van der Waals surface area contributed by atoms with E-state index < -0.39 is 17.7 Å². The zero-order valence-corrected chi connectivity index (χ0v) is 11.6. The van der Waals surface area contributed by atoms with Gasteiger partial charge in [0.1, 0.15) is 11.6 Å². The molecule has 1 N–H and O–H groups in total. The molecular weight excluding hydrogens is 262 g/mol. The number of benzene rings is 1. The zero-order valence-electron chi connectivity index (χ0n) is 11.6. The molecule has 5 heteroatoms. The van der Waals surface area contributed by atoms with Gasteiger partial charge in [0, 0.05) is 18.5 Å². The van der Waals surface area contributed by atoms with E-state index in [0.29, 0.717) is 12.2 Å². The minimum absolute atomic E-state index is 0.0955. The van der Waals surface area contributed by atoms with Gasteiger partial charge in [-0.05, 0) is 31.5 Å². The van der Waals surface area contributed by atoms with E-state index in [2.05, 4.69) is 5.10 Å². The van der Waals surface area contributed by atoms with E-state index in [9.17, 15) is 13.9 Å². The Morgan fingerprint density at radius 2 is 1.90 bits per heavy atom. The van der Waals surface area contributed by atoms with Crippen LogP contribution in [0.3, 0.4) is 0 Å². The first-order valence-electron chi connectivity index (χ1n) is 6.74. The van der Waals surface area contributed by atoms with E-state index in [4.69, 9.17) is 0 Å². The Morgan fingerprint density at radius 3 is 2.45 bits per heavy atom. The van der Waals surface area contributed by atoms with Gasteiger partial charge in [-0.1, -0.05) is 13.0 Å². The zero-order chi connectivity index (χ0) is 14.7. The highest BCUT2D eigenvalue weighted by Gasteiger charge is 2.19. The first-order valence-corrected chi connectivity index (χ1v) is 6.74. The Labute approximate surface area is 116 Å². The summed E-state index contributed by atoms with van der Waals surface area (Å²) in [6, 6.07) is 5.48. The van der Waals surface area contributed by atoms with Crippen molar-refractivity contribution >= 4 is 0 Å². The Balaban J connectivity index is 2.28. The van der Waals surface area contributed by atoms with Crippen LogP contribution in [-0.4, -0.2) is 14.9 Å². The number of hydrogen-bond acceptors (Lipinski definition) is 2. The van der Waals surface area contributed by atoms with Crippen molar-refractivity contribution < 1.29 is 13.9 Å². The molecule has 0 fully saturated rings. The topological polar surface area (TPSA) is 38.0 Å². The smallest absolute Gasteiger partial charge is 0.129 e. The number of aliphatic hydroxyl groups is 1. The molecule has 0 aliphatic heterocycles. The standard InChI is InChI=1S/C15H18F2N2O/c1-3-10-8-14(19(4-2)18-10)15(20)9-11-12(16)6-5-7-13(11)17/h5-8,15,20H,3-4,9H2,1-2H3. The number of aliphatic hydroxyl groups excluding tert-OH is 1. The van der Waals surface area contributed by atoms with Crippen LogP contribution >= 0.6 is 0 Å². The van der Waals surface area contributed by atoms with Crippen molar-refractivity contribution in [1.29, 1.82) is 0 Å². The van der Waals surface area contributed by atoms with Gasteiger partial charge >= 0.3 is 0 Å². The van der Waals surface area contributed by atoms with E-state index in [1.807, 2.05) is 13.8 Å². The monoisotopic (exact) mass is 280 g/mol. The maximum atomic E-state index is 13.6. The molecule has 0 radical (unpaired) electrons. The van der Waals surface area contributed by atoms with Crippen molar-refractivity contribution in [3.8, 4) is 0 Å². The first-order chi connectivity index (χ1) is 9.56. The summed E-state index contributed by atoms with van der Waals surface area (Å²) in [5, 5.41) is 14.6. The Bertz CT molecular complexity index is 575. The van der Waals surface area contributed by atoms with Crippen molar-refractivity contribution in [2.24, 2.45) is 0 Å². The largest absolute Gasteiger partial charge is 0.386 e. The van der Waals surface area contributed by atoms with Gasteiger partial charge in [0.15, 0.2) is 0 Å². The van der Waals surface area contributed by atoms with Gasteiger partial charge in [-0.2, -0.15) is 5.10 Å².